The minimum Gasteiger partial charge on any atom is -0.387 e. The number of thioether (sulfide) groups is 1. The molecule has 0 aromatic carbocycles. The molecule has 1 unspecified atom stereocenters. The molecule has 1 aromatic heterocycles. The lowest BCUT2D eigenvalue weighted by Gasteiger charge is -2.06. The van der Waals surface area contributed by atoms with Crippen LogP contribution in [0.15, 0.2) is 17.5 Å². The summed E-state index contributed by atoms with van der Waals surface area (Å²) in [5.41, 5.74) is 0. The first kappa shape index (κ1) is 10.1. The molecule has 0 saturated heterocycles. The van der Waals surface area contributed by atoms with Crippen LogP contribution in [0.2, 0.25) is 0 Å². The van der Waals surface area contributed by atoms with Gasteiger partial charge in [0.15, 0.2) is 0 Å². The van der Waals surface area contributed by atoms with E-state index in [1.807, 2.05) is 29.3 Å². The smallest absolute Gasteiger partial charge is 0.0971 e. The van der Waals surface area contributed by atoms with Gasteiger partial charge in [0.1, 0.15) is 0 Å². The fourth-order valence-electron chi connectivity index (χ4n) is 0.902. The van der Waals surface area contributed by atoms with Gasteiger partial charge in [-0.15, -0.1) is 11.3 Å². The second-order valence-corrected chi connectivity index (χ2v) is 4.74. The summed E-state index contributed by atoms with van der Waals surface area (Å²) in [7, 11) is 0. The number of aliphatic hydroxyl groups is 1. The molecule has 12 heavy (non-hydrogen) atoms. The molecule has 1 rings (SSSR count). The van der Waals surface area contributed by atoms with Crippen LogP contribution in [0.1, 0.15) is 24.3 Å². The lowest BCUT2D eigenvalue weighted by atomic mass is 10.3. The fourth-order valence-corrected chi connectivity index (χ4v) is 2.58. The molecule has 1 aromatic rings. The molecule has 1 atom stereocenters. The van der Waals surface area contributed by atoms with Crippen molar-refractivity contribution in [2.24, 2.45) is 0 Å². The van der Waals surface area contributed by atoms with Gasteiger partial charge in [0, 0.05) is 10.6 Å². The normalized spacial score (nSPS) is 13.2. The quantitative estimate of drug-likeness (QED) is 0.741. The van der Waals surface area contributed by atoms with E-state index in [2.05, 4.69) is 6.92 Å². The Labute approximate surface area is 81.8 Å². The van der Waals surface area contributed by atoms with E-state index < -0.39 is 0 Å². The molecule has 0 bridgehead atoms. The second-order valence-electron chi connectivity index (χ2n) is 2.61. The summed E-state index contributed by atoms with van der Waals surface area (Å²) in [5, 5.41) is 11.6. The summed E-state index contributed by atoms with van der Waals surface area (Å²) in [6.07, 6.45) is 0.920. The van der Waals surface area contributed by atoms with E-state index in [0.29, 0.717) is 0 Å². The average molecular weight is 202 g/mol. The Hall–Kier alpha value is 0.01000. The average Bonchev–Trinajstić information content (AvgIpc) is 2.56. The summed E-state index contributed by atoms with van der Waals surface area (Å²) in [6, 6.07) is 3.97. The molecule has 68 valence electrons. The summed E-state index contributed by atoms with van der Waals surface area (Å²) in [4.78, 5) is 1.08. The number of rotatable bonds is 5. The minimum atomic E-state index is -0.262. The van der Waals surface area contributed by atoms with Gasteiger partial charge in [-0.1, -0.05) is 13.0 Å². The highest BCUT2D eigenvalue weighted by Gasteiger charge is 2.06. The van der Waals surface area contributed by atoms with Crippen molar-refractivity contribution in [1.29, 1.82) is 0 Å². The van der Waals surface area contributed by atoms with Gasteiger partial charge in [-0.2, -0.15) is 11.8 Å². The summed E-state index contributed by atoms with van der Waals surface area (Å²) in [6.45, 7) is 2.16. The lowest BCUT2D eigenvalue weighted by Crippen LogP contribution is -1.98. The summed E-state index contributed by atoms with van der Waals surface area (Å²) in [5.74, 6) is 1.97. The van der Waals surface area contributed by atoms with Gasteiger partial charge in [0.05, 0.1) is 6.10 Å². The zero-order valence-electron chi connectivity index (χ0n) is 7.19. The highest BCUT2D eigenvalue weighted by Crippen LogP contribution is 2.22. The Balaban J connectivity index is 2.25. The molecule has 0 aliphatic carbocycles. The number of hydrogen-bond donors (Lipinski definition) is 1. The van der Waals surface area contributed by atoms with Crippen molar-refractivity contribution in [3.8, 4) is 0 Å². The maximum Gasteiger partial charge on any atom is 0.0971 e. The zero-order valence-corrected chi connectivity index (χ0v) is 8.83. The summed E-state index contributed by atoms with van der Waals surface area (Å²) >= 11 is 3.44. The molecule has 0 saturated carbocycles. The van der Waals surface area contributed by atoms with Crippen LogP contribution >= 0.6 is 23.1 Å². The molecule has 1 nitrogen and oxygen atoms in total. The molecule has 0 aliphatic rings. The van der Waals surface area contributed by atoms with Crippen LogP contribution in [0.5, 0.6) is 0 Å². The molecule has 0 fully saturated rings. The number of hydrogen-bond acceptors (Lipinski definition) is 3. The molecule has 1 heterocycles. The number of aliphatic hydroxyl groups excluding tert-OH is 1. The predicted molar refractivity (Wildman–Crippen MR) is 56.9 cm³/mol. The van der Waals surface area contributed by atoms with Gasteiger partial charge < -0.3 is 5.11 Å². The fraction of sp³-hybridized carbons (Fsp3) is 0.556. The van der Waals surface area contributed by atoms with Gasteiger partial charge >= 0.3 is 0 Å². The Morgan fingerprint density at radius 1 is 1.67 bits per heavy atom. The number of thiophene rings is 1. The monoisotopic (exact) mass is 202 g/mol. The second kappa shape index (κ2) is 5.62. The summed E-state index contributed by atoms with van der Waals surface area (Å²) < 4.78 is 0. The molecule has 1 N–H and O–H groups in total. The van der Waals surface area contributed by atoms with Gasteiger partial charge in [-0.3, -0.25) is 0 Å². The van der Waals surface area contributed by atoms with Gasteiger partial charge in [-0.25, -0.2) is 0 Å². The Kier molecular flexibility index (Phi) is 4.73. The van der Waals surface area contributed by atoms with Crippen molar-refractivity contribution in [3.05, 3.63) is 22.4 Å². The molecule has 0 spiro atoms. The van der Waals surface area contributed by atoms with Crippen molar-refractivity contribution in [2.45, 2.75) is 19.4 Å². The molecule has 0 aliphatic heterocycles. The van der Waals surface area contributed by atoms with Gasteiger partial charge in [-0.05, 0) is 23.6 Å². The Morgan fingerprint density at radius 2 is 2.50 bits per heavy atom. The maximum absolute atomic E-state index is 9.63. The highest BCUT2D eigenvalue weighted by atomic mass is 32.2. The molecule has 3 heteroatoms. The van der Waals surface area contributed by atoms with Crippen LogP contribution < -0.4 is 0 Å². The van der Waals surface area contributed by atoms with Crippen LogP contribution in [0.4, 0.5) is 0 Å². The zero-order chi connectivity index (χ0) is 8.81. The van der Waals surface area contributed by atoms with Gasteiger partial charge in [0.25, 0.3) is 0 Å². The van der Waals surface area contributed by atoms with E-state index in [1.165, 1.54) is 6.42 Å². The molecular weight excluding hydrogens is 188 g/mol. The van der Waals surface area contributed by atoms with Gasteiger partial charge in [0.2, 0.25) is 0 Å². The maximum atomic E-state index is 9.63. The van der Waals surface area contributed by atoms with Crippen LogP contribution in [-0.4, -0.2) is 16.6 Å². The third kappa shape index (κ3) is 3.17. The Bertz CT molecular complexity index is 196. The minimum absolute atomic E-state index is 0.262. The predicted octanol–water partition coefficient (Wildman–Crippen LogP) is 2.92. The van der Waals surface area contributed by atoms with Crippen LogP contribution in [0.25, 0.3) is 0 Å². The van der Waals surface area contributed by atoms with Crippen molar-refractivity contribution in [1.82, 2.24) is 0 Å². The van der Waals surface area contributed by atoms with E-state index in [0.717, 1.165) is 16.4 Å². The largest absolute Gasteiger partial charge is 0.387 e. The van der Waals surface area contributed by atoms with Crippen LogP contribution in [0, 0.1) is 0 Å². The van der Waals surface area contributed by atoms with Crippen LogP contribution in [0.3, 0.4) is 0 Å². The van der Waals surface area contributed by atoms with Crippen LogP contribution in [-0.2, 0) is 0 Å². The molecular formula is C9H14OS2. The van der Waals surface area contributed by atoms with E-state index in [4.69, 9.17) is 0 Å². The van der Waals surface area contributed by atoms with Crippen molar-refractivity contribution >= 4 is 23.1 Å². The van der Waals surface area contributed by atoms with Crippen molar-refractivity contribution < 1.29 is 5.11 Å². The van der Waals surface area contributed by atoms with Crippen molar-refractivity contribution in [3.63, 3.8) is 0 Å². The molecule has 0 amide bonds. The first-order valence-corrected chi connectivity index (χ1v) is 6.17. The molecule has 0 radical (unpaired) electrons. The van der Waals surface area contributed by atoms with Crippen molar-refractivity contribution in [2.75, 3.05) is 11.5 Å². The standard InChI is InChI=1S/C9H14OS2/c1-2-5-11-7-8(10)9-4-3-6-12-9/h3-4,6,8,10H,2,5,7H2,1H3. The first-order chi connectivity index (χ1) is 5.84. The SMILES string of the molecule is CCCSCC(O)c1cccs1. The van der Waals surface area contributed by atoms with E-state index in [9.17, 15) is 5.11 Å². The topological polar surface area (TPSA) is 20.2 Å². The van der Waals surface area contributed by atoms with E-state index >= 15 is 0 Å². The lowest BCUT2D eigenvalue weighted by molar-refractivity contribution is 0.208. The Morgan fingerprint density at radius 3 is 3.08 bits per heavy atom. The van der Waals surface area contributed by atoms with E-state index in [1.54, 1.807) is 11.3 Å². The third-order valence-electron chi connectivity index (χ3n) is 1.50. The van der Waals surface area contributed by atoms with E-state index in [-0.39, 0.29) is 6.10 Å². The first-order valence-electron chi connectivity index (χ1n) is 4.13. The highest BCUT2D eigenvalue weighted by molar-refractivity contribution is 7.99. The third-order valence-corrected chi connectivity index (χ3v) is 3.72.